The monoisotopic (exact) mass is 499 g/mol. The van der Waals surface area contributed by atoms with Crippen LogP contribution in [0.5, 0.6) is 5.75 Å². The summed E-state index contributed by atoms with van der Waals surface area (Å²) in [5.74, 6) is 1.91. The standard InChI is InChI=1S/C25H31ClFN7O/c1-3-4-7-12-28-23-30-24(29-18-10-11-22(35-2)19(26)17-18)32-25(31-23)34-15-13-33(14-16-34)21-9-6-5-8-20(21)27/h5-6,8-11,17H,3-4,7,12-16H2,1-2H3,(H2,28,29,30,31,32). The lowest BCUT2D eigenvalue weighted by atomic mass is 10.2. The predicted molar refractivity (Wildman–Crippen MR) is 140 cm³/mol. The van der Waals surface area contributed by atoms with Crippen LogP contribution in [0, 0.1) is 5.82 Å². The third-order valence-corrected chi connectivity index (χ3v) is 6.15. The van der Waals surface area contributed by atoms with Crippen LogP contribution in [0.3, 0.4) is 0 Å². The fourth-order valence-corrected chi connectivity index (χ4v) is 4.20. The maximum absolute atomic E-state index is 14.2. The van der Waals surface area contributed by atoms with E-state index in [9.17, 15) is 4.39 Å². The Balaban J connectivity index is 1.51. The van der Waals surface area contributed by atoms with E-state index in [0.717, 1.165) is 31.5 Å². The maximum atomic E-state index is 14.2. The van der Waals surface area contributed by atoms with E-state index in [1.165, 1.54) is 6.07 Å². The van der Waals surface area contributed by atoms with Gasteiger partial charge in [-0.15, -0.1) is 0 Å². The van der Waals surface area contributed by atoms with E-state index in [0.29, 0.717) is 60.5 Å². The van der Waals surface area contributed by atoms with Crippen LogP contribution in [0.4, 0.5) is 33.6 Å². The second-order valence-electron chi connectivity index (χ2n) is 8.32. The number of anilines is 5. The van der Waals surface area contributed by atoms with Crippen molar-refractivity contribution >= 4 is 40.8 Å². The molecule has 0 spiro atoms. The Labute approximate surface area is 210 Å². The second kappa shape index (κ2) is 11.9. The number of hydrogen-bond donors (Lipinski definition) is 2. The molecule has 1 aromatic heterocycles. The zero-order valence-corrected chi connectivity index (χ0v) is 20.9. The first kappa shape index (κ1) is 24.8. The molecule has 8 nitrogen and oxygen atoms in total. The first-order valence-electron chi connectivity index (χ1n) is 11.9. The molecular formula is C25H31ClFN7O. The van der Waals surface area contributed by atoms with E-state index in [-0.39, 0.29) is 5.82 Å². The average Bonchev–Trinajstić information content (AvgIpc) is 2.87. The van der Waals surface area contributed by atoms with Crippen LogP contribution in [0.2, 0.25) is 5.02 Å². The number of para-hydroxylation sites is 1. The number of halogens is 2. The van der Waals surface area contributed by atoms with Crippen LogP contribution < -0.4 is 25.2 Å². The first-order chi connectivity index (χ1) is 17.1. The molecule has 1 aliphatic heterocycles. The Kier molecular flexibility index (Phi) is 8.41. The number of aromatic nitrogens is 3. The molecule has 0 amide bonds. The fraction of sp³-hybridized carbons (Fsp3) is 0.400. The second-order valence-corrected chi connectivity index (χ2v) is 8.72. The Morgan fingerprint density at radius 3 is 2.43 bits per heavy atom. The van der Waals surface area contributed by atoms with Crippen molar-refractivity contribution in [3.8, 4) is 5.75 Å². The molecular weight excluding hydrogens is 469 g/mol. The highest BCUT2D eigenvalue weighted by Crippen LogP contribution is 2.29. The molecule has 0 unspecified atom stereocenters. The van der Waals surface area contributed by atoms with Crippen molar-refractivity contribution in [2.75, 3.05) is 60.3 Å². The summed E-state index contributed by atoms with van der Waals surface area (Å²) in [7, 11) is 1.58. The van der Waals surface area contributed by atoms with Gasteiger partial charge < -0.3 is 25.2 Å². The number of piperazine rings is 1. The quantitative estimate of drug-likeness (QED) is 0.362. The van der Waals surface area contributed by atoms with Gasteiger partial charge in [0.25, 0.3) is 0 Å². The van der Waals surface area contributed by atoms with Gasteiger partial charge in [0, 0.05) is 38.4 Å². The number of rotatable bonds is 10. The van der Waals surface area contributed by atoms with Crippen LogP contribution in [-0.4, -0.2) is 54.8 Å². The lowest BCUT2D eigenvalue weighted by Crippen LogP contribution is -2.47. The van der Waals surface area contributed by atoms with Crippen molar-refractivity contribution < 1.29 is 9.13 Å². The van der Waals surface area contributed by atoms with E-state index < -0.39 is 0 Å². The van der Waals surface area contributed by atoms with Crippen LogP contribution in [0.25, 0.3) is 0 Å². The van der Waals surface area contributed by atoms with Gasteiger partial charge in [-0.3, -0.25) is 0 Å². The predicted octanol–water partition coefficient (Wildman–Crippen LogP) is 5.35. The normalized spacial score (nSPS) is 13.6. The third-order valence-electron chi connectivity index (χ3n) is 5.85. The minimum absolute atomic E-state index is 0.204. The van der Waals surface area contributed by atoms with E-state index >= 15 is 0 Å². The molecule has 0 radical (unpaired) electrons. The Bertz CT molecular complexity index is 1120. The van der Waals surface area contributed by atoms with E-state index in [4.69, 9.17) is 16.3 Å². The molecule has 1 aliphatic rings. The van der Waals surface area contributed by atoms with Crippen LogP contribution in [0.1, 0.15) is 26.2 Å². The molecule has 0 saturated carbocycles. The minimum Gasteiger partial charge on any atom is -0.495 e. The highest BCUT2D eigenvalue weighted by molar-refractivity contribution is 6.32. The zero-order valence-electron chi connectivity index (χ0n) is 20.1. The van der Waals surface area contributed by atoms with Gasteiger partial charge in [0.2, 0.25) is 17.8 Å². The number of nitrogens with one attached hydrogen (secondary N) is 2. The van der Waals surface area contributed by atoms with Crippen LogP contribution >= 0.6 is 11.6 Å². The van der Waals surface area contributed by atoms with Crippen molar-refractivity contribution in [2.45, 2.75) is 26.2 Å². The zero-order chi connectivity index (χ0) is 24.6. The first-order valence-corrected chi connectivity index (χ1v) is 12.3. The van der Waals surface area contributed by atoms with Crippen molar-refractivity contribution in [2.24, 2.45) is 0 Å². The molecule has 2 heterocycles. The molecule has 0 aliphatic carbocycles. The largest absolute Gasteiger partial charge is 0.495 e. The summed E-state index contributed by atoms with van der Waals surface area (Å²) in [5.41, 5.74) is 1.37. The number of ether oxygens (including phenoxy) is 1. The molecule has 0 atom stereocenters. The number of nitrogens with zero attached hydrogens (tertiary/aromatic N) is 5. The van der Waals surface area contributed by atoms with Crippen molar-refractivity contribution in [1.82, 2.24) is 15.0 Å². The summed E-state index contributed by atoms with van der Waals surface area (Å²) in [6.45, 7) is 5.63. The highest BCUT2D eigenvalue weighted by Gasteiger charge is 2.22. The van der Waals surface area contributed by atoms with Gasteiger partial charge in [-0.25, -0.2) is 4.39 Å². The summed E-state index contributed by atoms with van der Waals surface area (Å²) in [5, 5.41) is 7.05. The van der Waals surface area contributed by atoms with Gasteiger partial charge in [-0.1, -0.05) is 43.5 Å². The average molecular weight is 500 g/mol. The molecule has 10 heteroatoms. The number of benzene rings is 2. The van der Waals surface area contributed by atoms with E-state index in [1.807, 2.05) is 18.2 Å². The Morgan fingerprint density at radius 1 is 0.971 bits per heavy atom. The molecule has 2 aromatic carbocycles. The van der Waals surface area contributed by atoms with Crippen molar-refractivity contribution in [3.63, 3.8) is 0 Å². The summed E-state index contributed by atoms with van der Waals surface area (Å²) < 4.78 is 19.5. The third kappa shape index (κ3) is 6.42. The van der Waals surface area contributed by atoms with Gasteiger partial charge >= 0.3 is 0 Å². The summed E-state index contributed by atoms with van der Waals surface area (Å²) in [6.07, 6.45) is 3.32. The van der Waals surface area contributed by atoms with E-state index in [1.54, 1.807) is 25.3 Å². The summed E-state index contributed by atoms with van der Waals surface area (Å²) >= 11 is 6.28. The molecule has 3 aromatic rings. The van der Waals surface area contributed by atoms with Gasteiger partial charge in [-0.05, 0) is 36.8 Å². The molecule has 0 bridgehead atoms. The topological polar surface area (TPSA) is 78.4 Å². The molecule has 1 saturated heterocycles. The maximum Gasteiger partial charge on any atom is 0.233 e. The minimum atomic E-state index is -0.204. The summed E-state index contributed by atoms with van der Waals surface area (Å²) in [4.78, 5) is 18.1. The Hall–Kier alpha value is -3.33. The molecule has 2 N–H and O–H groups in total. The smallest absolute Gasteiger partial charge is 0.233 e. The number of hydrogen-bond acceptors (Lipinski definition) is 8. The highest BCUT2D eigenvalue weighted by atomic mass is 35.5. The van der Waals surface area contributed by atoms with E-state index in [2.05, 4.69) is 42.3 Å². The molecule has 4 rings (SSSR count). The SMILES string of the molecule is CCCCCNc1nc(Nc2ccc(OC)c(Cl)c2)nc(N2CCN(c3ccccc3F)CC2)n1. The van der Waals surface area contributed by atoms with Gasteiger partial charge in [-0.2, -0.15) is 15.0 Å². The molecule has 35 heavy (non-hydrogen) atoms. The van der Waals surface area contributed by atoms with Gasteiger partial charge in [0.15, 0.2) is 0 Å². The van der Waals surface area contributed by atoms with Gasteiger partial charge in [0.1, 0.15) is 11.6 Å². The number of unbranched alkanes of at least 4 members (excludes halogenated alkanes) is 2. The molecule has 1 fully saturated rings. The van der Waals surface area contributed by atoms with Gasteiger partial charge in [0.05, 0.1) is 17.8 Å². The fourth-order valence-electron chi connectivity index (χ4n) is 3.95. The van der Waals surface area contributed by atoms with Crippen molar-refractivity contribution in [3.05, 3.63) is 53.3 Å². The lowest BCUT2D eigenvalue weighted by Gasteiger charge is -2.36. The van der Waals surface area contributed by atoms with Crippen LogP contribution in [-0.2, 0) is 0 Å². The molecule has 186 valence electrons. The van der Waals surface area contributed by atoms with Crippen LogP contribution in [0.15, 0.2) is 42.5 Å². The van der Waals surface area contributed by atoms with Crippen molar-refractivity contribution in [1.29, 1.82) is 0 Å². The summed E-state index contributed by atoms with van der Waals surface area (Å²) in [6, 6.07) is 12.3. The lowest BCUT2D eigenvalue weighted by molar-refractivity contribution is 0.415. The number of methoxy groups -OCH3 is 1. The Morgan fingerprint density at radius 2 is 1.71 bits per heavy atom.